The molecule has 76 valence electrons. The van der Waals surface area contributed by atoms with E-state index in [0.29, 0.717) is 13.0 Å². The Balaban J connectivity index is 2.17. The van der Waals surface area contributed by atoms with Crippen LogP contribution in [0.1, 0.15) is 24.8 Å². The second-order valence-corrected chi connectivity index (χ2v) is 4.12. The summed E-state index contributed by atoms with van der Waals surface area (Å²) in [6.45, 7) is 0.565. The second kappa shape index (κ2) is 3.71. The SMILES string of the molecule is NCC[C@H](O)C1(c2ccccc2)CC1. The van der Waals surface area contributed by atoms with Crippen molar-refractivity contribution in [3.05, 3.63) is 35.9 Å². The highest BCUT2D eigenvalue weighted by Crippen LogP contribution is 2.51. The van der Waals surface area contributed by atoms with Crippen LogP contribution in [0, 0.1) is 0 Å². The first-order valence-electron chi connectivity index (χ1n) is 5.23. The summed E-state index contributed by atoms with van der Waals surface area (Å²) >= 11 is 0. The molecule has 1 aliphatic carbocycles. The Hall–Kier alpha value is -0.860. The molecule has 1 aliphatic rings. The second-order valence-electron chi connectivity index (χ2n) is 4.12. The van der Waals surface area contributed by atoms with Gasteiger partial charge in [0.15, 0.2) is 0 Å². The molecule has 0 spiro atoms. The summed E-state index contributed by atoms with van der Waals surface area (Å²) in [5, 5.41) is 10.0. The van der Waals surface area contributed by atoms with Crippen LogP contribution < -0.4 is 5.73 Å². The summed E-state index contributed by atoms with van der Waals surface area (Å²) in [6.07, 6.45) is 2.63. The third-order valence-corrected chi connectivity index (χ3v) is 3.22. The molecule has 0 amide bonds. The highest BCUT2D eigenvalue weighted by Gasteiger charge is 2.49. The zero-order valence-electron chi connectivity index (χ0n) is 8.32. The minimum absolute atomic E-state index is 0.0284. The van der Waals surface area contributed by atoms with Crippen LogP contribution in [0.3, 0.4) is 0 Å². The smallest absolute Gasteiger partial charge is 0.0648 e. The molecule has 2 nitrogen and oxygen atoms in total. The molecule has 1 fully saturated rings. The van der Waals surface area contributed by atoms with Crippen LogP contribution in [0.15, 0.2) is 30.3 Å². The largest absolute Gasteiger partial charge is 0.392 e. The third kappa shape index (κ3) is 1.56. The Bertz CT molecular complexity index is 292. The van der Waals surface area contributed by atoms with Gasteiger partial charge in [-0.2, -0.15) is 0 Å². The molecule has 0 unspecified atom stereocenters. The summed E-state index contributed by atoms with van der Waals surface area (Å²) in [6, 6.07) is 10.3. The van der Waals surface area contributed by atoms with Crippen molar-refractivity contribution in [2.24, 2.45) is 5.73 Å². The van der Waals surface area contributed by atoms with E-state index in [0.717, 1.165) is 12.8 Å². The fourth-order valence-corrected chi connectivity index (χ4v) is 2.15. The van der Waals surface area contributed by atoms with Gasteiger partial charge in [-0.05, 0) is 31.4 Å². The number of benzene rings is 1. The number of hydrogen-bond donors (Lipinski definition) is 2. The first-order chi connectivity index (χ1) is 6.79. The van der Waals surface area contributed by atoms with Gasteiger partial charge >= 0.3 is 0 Å². The average Bonchev–Trinajstić information content (AvgIpc) is 3.00. The van der Waals surface area contributed by atoms with Crippen molar-refractivity contribution in [1.82, 2.24) is 0 Å². The van der Waals surface area contributed by atoms with Crippen molar-refractivity contribution >= 4 is 0 Å². The van der Waals surface area contributed by atoms with Gasteiger partial charge in [0.2, 0.25) is 0 Å². The maximum absolute atomic E-state index is 10.0. The Morgan fingerprint density at radius 1 is 1.29 bits per heavy atom. The fraction of sp³-hybridized carbons (Fsp3) is 0.500. The summed E-state index contributed by atoms with van der Waals surface area (Å²) in [7, 11) is 0. The van der Waals surface area contributed by atoms with Gasteiger partial charge in [-0.3, -0.25) is 0 Å². The van der Waals surface area contributed by atoms with Crippen LogP contribution in [-0.4, -0.2) is 17.8 Å². The van der Waals surface area contributed by atoms with E-state index in [4.69, 9.17) is 5.73 Å². The minimum Gasteiger partial charge on any atom is -0.392 e. The topological polar surface area (TPSA) is 46.2 Å². The molecule has 3 N–H and O–H groups in total. The summed E-state index contributed by atoms with van der Waals surface area (Å²) in [5.41, 5.74) is 6.77. The van der Waals surface area contributed by atoms with E-state index >= 15 is 0 Å². The maximum Gasteiger partial charge on any atom is 0.0648 e. The molecule has 0 aliphatic heterocycles. The molecular formula is C12H17NO. The lowest BCUT2D eigenvalue weighted by molar-refractivity contribution is 0.124. The molecule has 2 heteroatoms. The van der Waals surface area contributed by atoms with Crippen LogP contribution in [0.2, 0.25) is 0 Å². The molecule has 1 atom stereocenters. The monoisotopic (exact) mass is 191 g/mol. The molecule has 2 rings (SSSR count). The van der Waals surface area contributed by atoms with Gasteiger partial charge in [-0.25, -0.2) is 0 Å². The van der Waals surface area contributed by atoms with Crippen molar-refractivity contribution in [2.45, 2.75) is 30.8 Å². The van der Waals surface area contributed by atoms with Crippen molar-refractivity contribution in [1.29, 1.82) is 0 Å². The van der Waals surface area contributed by atoms with Crippen LogP contribution in [0.4, 0.5) is 0 Å². The molecule has 0 aromatic heterocycles. The Labute approximate surface area is 84.7 Å². The first-order valence-corrected chi connectivity index (χ1v) is 5.23. The van der Waals surface area contributed by atoms with Gasteiger partial charge in [0.05, 0.1) is 6.10 Å². The molecular weight excluding hydrogens is 174 g/mol. The predicted molar refractivity (Wildman–Crippen MR) is 57.0 cm³/mol. The third-order valence-electron chi connectivity index (χ3n) is 3.22. The van der Waals surface area contributed by atoms with E-state index in [1.165, 1.54) is 5.56 Å². The molecule has 0 radical (unpaired) electrons. The normalized spacial score (nSPS) is 20.4. The minimum atomic E-state index is -0.269. The quantitative estimate of drug-likeness (QED) is 0.756. The number of rotatable bonds is 4. The maximum atomic E-state index is 10.0. The van der Waals surface area contributed by atoms with Crippen LogP contribution in [-0.2, 0) is 5.41 Å². The van der Waals surface area contributed by atoms with Crippen molar-refractivity contribution in [3.63, 3.8) is 0 Å². The van der Waals surface area contributed by atoms with Crippen LogP contribution >= 0.6 is 0 Å². The molecule has 1 aromatic rings. The lowest BCUT2D eigenvalue weighted by Crippen LogP contribution is -2.28. The molecule has 1 saturated carbocycles. The Kier molecular flexibility index (Phi) is 2.57. The Morgan fingerprint density at radius 3 is 2.43 bits per heavy atom. The van der Waals surface area contributed by atoms with Gasteiger partial charge in [0.1, 0.15) is 0 Å². The van der Waals surface area contributed by atoms with Crippen LogP contribution in [0.5, 0.6) is 0 Å². The zero-order valence-corrected chi connectivity index (χ0v) is 8.32. The van der Waals surface area contributed by atoms with Crippen LogP contribution in [0.25, 0.3) is 0 Å². The first kappa shape index (κ1) is 9.69. The lowest BCUT2D eigenvalue weighted by Gasteiger charge is -2.22. The zero-order chi connectivity index (χ0) is 10.0. The standard InChI is InChI=1S/C12H17NO/c13-9-6-11(14)12(7-8-12)10-4-2-1-3-5-10/h1-5,11,14H,6-9,13H2/t11-/m0/s1. The van der Waals surface area contributed by atoms with E-state index in [2.05, 4.69) is 12.1 Å². The highest BCUT2D eigenvalue weighted by atomic mass is 16.3. The number of aliphatic hydroxyl groups is 1. The summed E-state index contributed by atoms with van der Waals surface area (Å²) in [4.78, 5) is 0. The predicted octanol–water partition coefficient (Wildman–Crippen LogP) is 1.43. The van der Waals surface area contributed by atoms with Crippen molar-refractivity contribution in [3.8, 4) is 0 Å². The molecule has 0 heterocycles. The number of nitrogens with two attached hydrogens (primary N) is 1. The number of aliphatic hydroxyl groups excluding tert-OH is 1. The van der Waals surface area contributed by atoms with E-state index in [1.54, 1.807) is 0 Å². The van der Waals surface area contributed by atoms with Gasteiger partial charge in [-0.15, -0.1) is 0 Å². The van der Waals surface area contributed by atoms with Gasteiger partial charge in [-0.1, -0.05) is 30.3 Å². The molecule has 14 heavy (non-hydrogen) atoms. The lowest BCUT2D eigenvalue weighted by atomic mass is 9.88. The van der Waals surface area contributed by atoms with E-state index in [-0.39, 0.29) is 11.5 Å². The summed E-state index contributed by atoms with van der Waals surface area (Å²) in [5.74, 6) is 0. The molecule has 1 aromatic carbocycles. The van der Waals surface area contributed by atoms with Crippen molar-refractivity contribution in [2.75, 3.05) is 6.54 Å². The van der Waals surface area contributed by atoms with Gasteiger partial charge < -0.3 is 10.8 Å². The van der Waals surface area contributed by atoms with E-state index < -0.39 is 0 Å². The summed E-state index contributed by atoms with van der Waals surface area (Å²) < 4.78 is 0. The molecule has 0 saturated heterocycles. The van der Waals surface area contributed by atoms with Gasteiger partial charge in [0, 0.05) is 5.41 Å². The van der Waals surface area contributed by atoms with Gasteiger partial charge in [0.25, 0.3) is 0 Å². The fourth-order valence-electron chi connectivity index (χ4n) is 2.15. The Morgan fingerprint density at radius 2 is 1.93 bits per heavy atom. The van der Waals surface area contributed by atoms with E-state index in [1.807, 2.05) is 18.2 Å². The highest BCUT2D eigenvalue weighted by molar-refractivity contribution is 5.32. The average molecular weight is 191 g/mol. The number of hydrogen-bond acceptors (Lipinski definition) is 2. The van der Waals surface area contributed by atoms with E-state index in [9.17, 15) is 5.11 Å². The van der Waals surface area contributed by atoms with Crippen molar-refractivity contribution < 1.29 is 5.11 Å². The molecule has 0 bridgehead atoms.